The first kappa shape index (κ1) is 18.7. The van der Waals surface area contributed by atoms with Crippen molar-refractivity contribution in [2.24, 2.45) is 0 Å². The Kier molecular flexibility index (Phi) is 4.66. The van der Waals surface area contributed by atoms with Gasteiger partial charge in [-0.15, -0.1) is 5.10 Å². The molecule has 1 saturated carbocycles. The van der Waals surface area contributed by atoms with Gasteiger partial charge in [0.25, 0.3) is 0 Å². The van der Waals surface area contributed by atoms with Gasteiger partial charge in [-0.3, -0.25) is 4.79 Å². The first-order valence-electron chi connectivity index (χ1n) is 9.79. The highest BCUT2D eigenvalue weighted by Crippen LogP contribution is 2.40. The van der Waals surface area contributed by atoms with Crippen LogP contribution in [-0.4, -0.2) is 35.9 Å². The molecule has 0 saturated heterocycles. The van der Waals surface area contributed by atoms with Gasteiger partial charge in [-0.1, -0.05) is 30.0 Å². The molecule has 0 aliphatic heterocycles. The summed E-state index contributed by atoms with van der Waals surface area (Å²) in [5, 5.41) is 7.76. The van der Waals surface area contributed by atoms with Crippen LogP contribution in [0.2, 0.25) is 0 Å². The Morgan fingerprint density at radius 3 is 2.70 bits per heavy atom. The zero-order valence-electron chi connectivity index (χ0n) is 16.3. The second-order valence-electron chi connectivity index (χ2n) is 7.36. The second kappa shape index (κ2) is 7.49. The standard InChI is InChI=1S/C21H20N6O2S/c1-12(19(28)22-14-9-10-16-17(11-14)24-20(29)23-16)30-21-25-18(13-7-8-13)27(26-21)15-5-3-2-4-6-15/h2-6,9-13H,7-8H2,1H3,(H,22,28)(H2,23,24,29)/t12-/m0/s1. The minimum atomic E-state index is -0.385. The maximum Gasteiger partial charge on any atom is 0.323 e. The number of H-pyrrole nitrogens is 2. The fourth-order valence-electron chi connectivity index (χ4n) is 3.29. The van der Waals surface area contributed by atoms with Crippen LogP contribution in [0.15, 0.2) is 58.5 Å². The van der Waals surface area contributed by atoms with Crippen LogP contribution in [0, 0.1) is 0 Å². The van der Waals surface area contributed by atoms with Gasteiger partial charge in [-0.25, -0.2) is 14.5 Å². The minimum absolute atomic E-state index is 0.152. The van der Waals surface area contributed by atoms with Crippen LogP contribution in [-0.2, 0) is 4.79 Å². The largest absolute Gasteiger partial charge is 0.325 e. The lowest BCUT2D eigenvalue weighted by molar-refractivity contribution is -0.115. The number of thioether (sulfide) groups is 1. The van der Waals surface area contributed by atoms with Crippen molar-refractivity contribution >= 4 is 34.4 Å². The molecule has 152 valence electrons. The van der Waals surface area contributed by atoms with Gasteiger partial charge in [0.1, 0.15) is 5.82 Å². The Balaban J connectivity index is 1.32. The van der Waals surface area contributed by atoms with E-state index in [9.17, 15) is 9.59 Å². The van der Waals surface area contributed by atoms with E-state index >= 15 is 0 Å². The second-order valence-corrected chi connectivity index (χ2v) is 8.67. The van der Waals surface area contributed by atoms with Gasteiger partial charge in [0.05, 0.1) is 22.0 Å². The molecule has 2 heterocycles. The average Bonchev–Trinajstić information content (AvgIpc) is 3.40. The van der Waals surface area contributed by atoms with Gasteiger partial charge < -0.3 is 15.3 Å². The molecular weight excluding hydrogens is 400 g/mol. The highest BCUT2D eigenvalue weighted by atomic mass is 32.2. The number of anilines is 1. The van der Waals surface area contributed by atoms with E-state index < -0.39 is 0 Å². The summed E-state index contributed by atoms with van der Waals surface area (Å²) >= 11 is 1.33. The van der Waals surface area contributed by atoms with E-state index in [1.807, 2.05) is 41.9 Å². The molecule has 2 aromatic carbocycles. The van der Waals surface area contributed by atoms with Crippen LogP contribution < -0.4 is 11.0 Å². The molecule has 5 rings (SSSR count). The molecular formula is C21H20N6O2S. The lowest BCUT2D eigenvalue weighted by atomic mass is 10.2. The van der Waals surface area contributed by atoms with Crippen LogP contribution >= 0.6 is 11.8 Å². The van der Waals surface area contributed by atoms with Crippen molar-refractivity contribution in [2.75, 3.05) is 5.32 Å². The van der Waals surface area contributed by atoms with E-state index in [-0.39, 0.29) is 16.8 Å². The Labute approximate surface area is 176 Å². The zero-order chi connectivity index (χ0) is 20.7. The normalized spacial score (nSPS) is 14.7. The molecule has 0 bridgehead atoms. The summed E-state index contributed by atoms with van der Waals surface area (Å²) in [6, 6.07) is 15.2. The first-order valence-corrected chi connectivity index (χ1v) is 10.7. The number of hydrogen-bond donors (Lipinski definition) is 3. The molecule has 1 aliphatic rings. The van der Waals surface area contributed by atoms with Crippen LogP contribution in [0.25, 0.3) is 16.7 Å². The summed E-state index contributed by atoms with van der Waals surface area (Å²) in [7, 11) is 0. The molecule has 1 aliphatic carbocycles. The van der Waals surface area contributed by atoms with Crippen molar-refractivity contribution in [3.63, 3.8) is 0 Å². The summed E-state index contributed by atoms with van der Waals surface area (Å²) < 4.78 is 1.89. The summed E-state index contributed by atoms with van der Waals surface area (Å²) in [5.74, 6) is 1.24. The summed E-state index contributed by atoms with van der Waals surface area (Å²) in [6.07, 6.45) is 2.24. The summed E-state index contributed by atoms with van der Waals surface area (Å²) in [4.78, 5) is 34.2. The number of rotatable bonds is 6. The smallest absolute Gasteiger partial charge is 0.323 e. The fourth-order valence-corrected chi connectivity index (χ4v) is 4.04. The number of nitrogens with one attached hydrogen (secondary N) is 3. The third-order valence-corrected chi connectivity index (χ3v) is 5.94. The molecule has 0 spiro atoms. The Morgan fingerprint density at radius 1 is 1.17 bits per heavy atom. The van der Waals surface area contributed by atoms with Gasteiger partial charge in [-0.2, -0.15) is 0 Å². The number of aromatic amines is 2. The number of carbonyl (C=O) groups is 1. The predicted molar refractivity (Wildman–Crippen MR) is 116 cm³/mol. The molecule has 0 unspecified atom stereocenters. The van der Waals surface area contributed by atoms with Crippen molar-refractivity contribution in [1.29, 1.82) is 0 Å². The van der Waals surface area contributed by atoms with Crippen LogP contribution in [0.4, 0.5) is 5.69 Å². The SMILES string of the molecule is C[C@H](Sc1nc(C2CC2)n(-c2ccccc2)n1)C(=O)Nc1ccc2[nH]c(=O)[nH]c2c1. The highest BCUT2D eigenvalue weighted by Gasteiger charge is 2.31. The van der Waals surface area contributed by atoms with Crippen molar-refractivity contribution in [3.8, 4) is 5.69 Å². The molecule has 4 aromatic rings. The van der Waals surface area contributed by atoms with E-state index in [1.54, 1.807) is 18.2 Å². The number of hydrogen-bond acceptors (Lipinski definition) is 5. The third-order valence-electron chi connectivity index (χ3n) is 4.99. The maximum absolute atomic E-state index is 12.7. The first-order chi connectivity index (χ1) is 14.6. The minimum Gasteiger partial charge on any atom is -0.325 e. The van der Waals surface area contributed by atoms with Crippen molar-refractivity contribution in [2.45, 2.75) is 36.1 Å². The zero-order valence-corrected chi connectivity index (χ0v) is 17.1. The van der Waals surface area contributed by atoms with Crippen molar-refractivity contribution in [1.82, 2.24) is 24.7 Å². The summed E-state index contributed by atoms with van der Waals surface area (Å²) in [5.41, 5.74) is 2.67. The van der Waals surface area contributed by atoms with Crippen LogP contribution in [0.3, 0.4) is 0 Å². The van der Waals surface area contributed by atoms with Crippen molar-refractivity contribution < 1.29 is 4.79 Å². The molecule has 30 heavy (non-hydrogen) atoms. The molecule has 1 atom stereocenters. The maximum atomic E-state index is 12.7. The molecule has 8 nitrogen and oxygen atoms in total. The Hall–Kier alpha value is -3.33. The number of carbonyl (C=O) groups excluding carboxylic acids is 1. The van der Waals surface area contributed by atoms with E-state index in [1.165, 1.54) is 11.8 Å². The number of amides is 1. The van der Waals surface area contributed by atoms with Gasteiger partial charge >= 0.3 is 5.69 Å². The van der Waals surface area contributed by atoms with Gasteiger partial charge in [-0.05, 0) is 50.1 Å². The molecule has 9 heteroatoms. The number of fused-ring (bicyclic) bond motifs is 1. The summed E-state index contributed by atoms with van der Waals surface area (Å²) in [6.45, 7) is 1.83. The number of para-hydroxylation sites is 1. The monoisotopic (exact) mass is 420 g/mol. The van der Waals surface area contributed by atoms with Crippen molar-refractivity contribution in [3.05, 3.63) is 64.8 Å². The fraction of sp³-hybridized carbons (Fsp3) is 0.238. The highest BCUT2D eigenvalue weighted by molar-refractivity contribution is 8.00. The molecule has 1 fully saturated rings. The number of nitrogens with zero attached hydrogens (tertiary/aromatic N) is 3. The Morgan fingerprint density at radius 2 is 1.93 bits per heavy atom. The number of aromatic nitrogens is 5. The predicted octanol–water partition coefficient (Wildman–Crippen LogP) is 3.43. The molecule has 1 amide bonds. The average molecular weight is 420 g/mol. The van der Waals surface area contributed by atoms with Gasteiger partial charge in [0, 0.05) is 11.6 Å². The van der Waals surface area contributed by atoms with E-state index in [2.05, 4.69) is 20.4 Å². The number of benzene rings is 2. The third kappa shape index (κ3) is 3.76. The van der Waals surface area contributed by atoms with E-state index in [0.717, 1.165) is 24.4 Å². The lowest BCUT2D eigenvalue weighted by Gasteiger charge is -2.10. The topological polar surface area (TPSA) is 108 Å². The van der Waals surface area contributed by atoms with Gasteiger partial charge in [0.2, 0.25) is 11.1 Å². The lowest BCUT2D eigenvalue weighted by Crippen LogP contribution is -2.22. The molecule has 3 N–H and O–H groups in total. The molecule has 2 aromatic heterocycles. The van der Waals surface area contributed by atoms with E-state index in [0.29, 0.717) is 27.8 Å². The number of imidazole rings is 1. The van der Waals surface area contributed by atoms with Crippen LogP contribution in [0.1, 0.15) is 31.5 Å². The van der Waals surface area contributed by atoms with Crippen LogP contribution in [0.5, 0.6) is 0 Å². The van der Waals surface area contributed by atoms with E-state index in [4.69, 9.17) is 4.98 Å². The molecule has 0 radical (unpaired) electrons. The van der Waals surface area contributed by atoms with Gasteiger partial charge in [0.15, 0.2) is 0 Å². The quantitative estimate of drug-likeness (QED) is 0.414. The Bertz CT molecular complexity index is 1270.